The van der Waals surface area contributed by atoms with Crippen LogP contribution in [-0.2, 0) is 21.4 Å². The zero-order chi connectivity index (χ0) is 13.0. The van der Waals surface area contributed by atoms with Gasteiger partial charge in [0.15, 0.2) is 0 Å². The van der Waals surface area contributed by atoms with Crippen molar-refractivity contribution in [3.05, 3.63) is 35.4 Å². The highest BCUT2D eigenvalue weighted by Gasteiger charge is 2.30. The quantitative estimate of drug-likeness (QED) is 0.868. The van der Waals surface area contributed by atoms with Gasteiger partial charge in [0.1, 0.15) is 0 Å². The van der Waals surface area contributed by atoms with Crippen LogP contribution in [-0.4, -0.2) is 18.6 Å². The number of rotatable bonds is 4. The molecule has 98 valence electrons. The van der Waals surface area contributed by atoms with Crippen LogP contribution in [0, 0.1) is 5.92 Å². The molecular formula is C14H18BrNO2. The van der Waals surface area contributed by atoms with Gasteiger partial charge in [-0.15, -0.1) is 0 Å². The Kier molecular flexibility index (Phi) is 4.78. The number of carbonyl (C=O) groups excluding carboxylic acids is 1. The van der Waals surface area contributed by atoms with Crippen molar-refractivity contribution in [3.63, 3.8) is 0 Å². The monoisotopic (exact) mass is 311 g/mol. The highest BCUT2D eigenvalue weighted by atomic mass is 79.9. The van der Waals surface area contributed by atoms with Crippen molar-refractivity contribution in [2.45, 2.75) is 31.3 Å². The minimum atomic E-state index is 0.00403. The molecule has 1 saturated heterocycles. The van der Waals surface area contributed by atoms with Crippen molar-refractivity contribution in [3.8, 4) is 0 Å². The van der Waals surface area contributed by atoms with Gasteiger partial charge in [-0.05, 0) is 24.5 Å². The molecule has 1 amide bonds. The number of amides is 1. The van der Waals surface area contributed by atoms with E-state index in [2.05, 4.69) is 33.4 Å². The van der Waals surface area contributed by atoms with Crippen molar-refractivity contribution in [2.75, 3.05) is 6.61 Å². The lowest BCUT2D eigenvalue weighted by Gasteiger charge is -2.14. The van der Waals surface area contributed by atoms with Crippen molar-refractivity contribution in [1.82, 2.24) is 5.32 Å². The van der Waals surface area contributed by atoms with Gasteiger partial charge in [-0.1, -0.05) is 40.2 Å². The third kappa shape index (κ3) is 3.33. The van der Waals surface area contributed by atoms with Gasteiger partial charge in [0.25, 0.3) is 0 Å². The molecule has 1 aromatic carbocycles. The maximum absolute atomic E-state index is 12.0. The molecule has 4 heteroatoms. The third-order valence-electron chi connectivity index (χ3n) is 3.33. The summed E-state index contributed by atoms with van der Waals surface area (Å²) >= 11 is 3.43. The number of halogens is 1. The number of benzene rings is 1. The van der Waals surface area contributed by atoms with E-state index in [9.17, 15) is 4.79 Å². The van der Waals surface area contributed by atoms with Crippen LogP contribution in [0.15, 0.2) is 24.3 Å². The lowest BCUT2D eigenvalue weighted by Crippen LogP contribution is -2.33. The number of alkyl halides is 1. The summed E-state index contributed by atoms with van der Waals surface area (Å²) < 4.78 is 5.41. The molecule has 0 aliphatic carbocycles. The molecule has 1 fully saturated rings. The van der Waals surface area contributed by atoms with E-state index in [0.29, 0.717) is 13.2 Å². The van der Waals surface area contributed by atoms with Crippen LogP contribution in [0.2, 0.25) is 0 Å². The Balaban J connectivity index is 1.88. The molecule has 0 bridgehead atoms. The summed E-state index contributed by atoms with van der Waals surface area (Å²) in [5, 5.41) is 3.82. The maximum atomic E-state index is 12.0. The predicted octanol–water partition coefficient (Wildman–Crippen LogP) is 2.62. The Bertz CT molecular complexity index is 422. The first kappa shape index (κ1) is 13.6. The smallest absolute Gasteiger partial charge is 0.226 e. The average Bonchev–Trinajstić information content (AvgIpc) is 2.82. The fourth-order valence-electron chi connectivity index (χ4n) is 2.22. The Hall–Kier alpha value is -0.870. The fraction of sp³-hybridized carbons (Fsp3) is 0.500. The summed E-state index contributed by atoms with van der Waals surface area (Å²) in [4.78, 5) is 12.0. The summed E-state index contributed by atoms with van der Waals surface area (Å²) in [6, 6.07) is 8.21. The topological polar surface area (TPSA) is 38.3 Å². The van der Waals surface area contributed by atoms with Gasteiger partial charge in [-0.25, -0.2) is 0 Å². The van der Waals surface area contributed by atoms with Crippen molar-refractivity contribution >= 4 is 21.8 Å². The van der Waals surface area contributed by atoms with E-state index >= 15 is 0 Å². The van der Waals surface area contributed by atoms with Gasteiger partial charge < -0.3 is 10.1 Å². The van der Waals surface area contributed by atoms with Crippen LogP contribution >= 0.6 is 15.9 Å². The average molecular weight is 312 g/mol. The van der Waals surface area contributed by atoms with Crippen molar-refractivity contribution in [2.24, 2.45) is 5.92 Å². The largest absolute Gasteiger partial charge is 0.378 e. The molecule has 1 N–H and O–H groups in total. The molecule has 2 unspecified atom stereocenters. The first-order chi connectivity index (χ1) is 8.70. The van der Waals surface area contributed by atoms with E-state index in [0.717, 1.165) is 17.3 Å². The Morgan fingerprint density at radius 3 is 2.94 bits per heavy atom. The zero-order valence-corrected chi connectivity index (χ0v) is 12.1. The SMILES string of the molecule is CC1OCCC1C(=O)NCc1cccc(CBr)c1. The Morgan fingerprint density at radius 2 is 2.28 bits per heavy atom. The molecule has 0 radical (unpaired) electrons. The highest BCUT2D eigenvalue weighted by Crippen LogP contribution is 2.20. The molecule has 18 heavy (non-hydrogen) atoms. The number of hydrogen-bond donors (Lipinski definition) is 1. The van der Waals surface area contributed by atoms with Gasteiger partial charge in [-0.3, -0.25) is 4.79 Å². The fourth-order valence-corrected chi connectivity index (χ4v) is 2.57. The lowest BCUT2D eigenvalue weighted by molar-refractivity contribution is -0.126. The number of hydrogen-bond acceptors (Lipinski definition) is 2. The van der Waals surface area contributed by atoms with Gasteiger partial charge in [0, 0.05) is 18.5 Å². The normalized spacial score (nSPS) is 23.0. The Labute approximate surface area is 116 Å². The minimum absolute atomic E-state index is 0.00403. The van der Waals surface area contributed by atoms with E-state index < -0.39 is 0 Å². The second-order valence-electron chi connectivity index (χ2n) is 4.64. The van der Waals surface area contributed by atoms with Crippen LogP contribution in [0.25, 0.3) is 0 Å². The lowest BCUT2D eigenvalue weighted by atomic mass is 10.0. The van der Waals surface area contributed by atoms with Crippen LogP contribution in [0.1, 0.15) is 24.5 Å². The first-order valence-electron chi connectivity index (χ1n) is 6.24. The number of nitrogens with one attached hydrogen (secondary N) is 1. The molecule has 1 heterocycles. The molecule has 0 spiro atoms. The maximum Gasteiger partial charge on any atom is 0.226 e. The van der Waals surface area contributed by atoms with Gasteiger partial charge in [-0.2, -0.15) is 0 Å². The molecular weight excluding hydrogens is 294 g/mol. The first-order valence-corrected chi connectivity index (χ1v) is 7.36. The van der Waals surface area contributed by atoms with Crippen molar-refractivity contribution in [1.29, 1.82) is 0 Å². The highest BCUT2D eigenvalue weighted by molar-refractivity contribution is 9.08. The van der Waals surface area contributed by atoms with E-state index in [4.69, 9.17) is 4.74 Å². The minimum Gasteiger partial charge on any atom is -0.378 e. The summed E-state index contributed by atoms with van der Waals surface area (Å²) in [7, 11) is 0. The standard InChI is InChI=1S/C14H18BrNO2/c1-10-13(5-6-18-10)14(17)16-9-12-4-2-3-11(7-12)8-15/h2-4,7,10,13H,5-6,8-9H2,1H3,(H,16,17). The van der Waals surface area contributed by atoms with E-state index in [1.807, 2.05) is 19.1 Å². The van der Waals surface area contributed by atoms with Gasteiger partial charge >= 0.3 is 0 Å². The van der Waals surface area contributed by atoms with Crippen LogP contribution in [0.3, 0.4) is 0 Å². The summed E-state index contributed by atoms with van der Waals surface area (Å²) in [6.07, 6.45) is 0.868. The molecule has 1 aromatic rings. The summed E-state index contributed by atoms with van der Waals surface area (Å²) in [6.45, 7) is 3.24. The van der Waals surface area contributed by atoms with Gasteiger partial charge in [0.2, 0.25) is 5.91 Å². The zero-order valence-electron chi connectivity index (χ0n) is 10.5. The molecule has 0 saturated carbocycles. The number of carbonyl (C=O) groups is 1. The molecule has 1 aliphatic heterocycles. The van der Waals surface area contributed by atoms with Crippen LogP contribution < -0.4 is 5.32 Å². The molecule has 0 aromatic heterocycles. The van der Waals surface area contributed by atoms with Crippen LogP contribution in [0.5, 0.6) is 0 Å². The summed E-state index contributed by atoms with van der Waals surface area (Å²) in [5.74, 6) is 0.105. The van der Waals surface area contributed by atoms with E-state index in [1.165, 1.54) is 5.56 Å². The molecule has 2 atom stereocenters. The van der Waals surface area contributed by atoms with E-state index in [1.54, 1.807) is 0 Å². The molecule has 3 nitrogen and oxygen atoms in total. The third-order valence-corrected chi connectivity index (χ3v) is 3.97. The van der Waals surface area contributed by atoms with E-state index in [-0.39, 0.29) is 17.9 Å². The van der Waals surface area contributed by atoms with Crippen LogP contribution in [0.4, 0.5) is 0 Å². The predicted molar refractivity (Wildman–Crippen MR) is 74.4 cm³/mol. The van der Waals surface area contributed by atoms with Crippen molar-refractivity contribution < 1.29 is 9.53 Å². The molecule has 1 aliphatic rings. The van der Waals surface area contributed by atoms with Gasteiger partial charge in [0.05, 0.1) is 12.0 Å². The Morgan fingerprint density at radius 1 is 1.50 bits per heavy atom. The summed E-state index contributed by atoms with van der Waals surface area (Å²) in [5.41, 5.74) is 2.35. The second-order valence-corrected chi connectivity index (χ2v) is 5.20. The molecule has 2 rings (SSSR count). The second kappa shape index (κ2) is 6.34. The number of ether oxygens (including phenoxy) is 1.